The summed E-state index contributed by atoms with van der Waals surface area (Å²) in [5.41, 5.74) is 7.73. The van der Waals surface area contributed by atoms with E-state index in [-0.39, 0.29) is 12.2 Å². The number of rotatable bonds is 4. The van der Waals surface area contributed by atoms with Gasteiger partial charge in [-0.2, -0.15) is 0 Å². The Morgan fingerprint density at radius 2 is 2.04 bits per heavy atom. The number of hydrogen-bond donors (Lipinski definition) is 1. The van der Waals surface area contributed by atoms with Gasteiger partial charge in [-0.3, -0.25) is 19.7 Å². The summed E-state index contributed by atoms with van der Waals surface area (Å²) in [5, 5.41) is 4.34. The number of nitrogens with zero attached hydrogens (tertiary/aromatic N) is 3. The van der Waals surface area contributed by atoms with Gasteiger partial charge in [0, 0.05) is 41.1 Å². The van der Waals surface area contributed by atoms with Crippen LogP contribution in [0.2, 0.25) is 0 Å². The SMILES string of the molecule is O=C(Cc1cc2cc(-c3cncs3)cnc2cn1)c1ccc2c(c1)CNCC2. The van der Waals surface area contributed by atoms with Crippen molar-refractivity contribution in [2.45, 2.75) is 19.4 Å². The van der Waals surface area contributed by atoms with Crippen molar-refractivity contribution in [2.24, 2.45) is 0 Å². The maximum atomic E-state index is 12.8. The Kier molecular flexibility index (Phi) is 4.43. The molecule has 4 aromatic rings. The molecule has 6 heteroatoms. The van der Waals surface area contributed by atoms with Gasteiger partial charge in [-0.25, -0.2) is 0 Å². The van der Waals surface area contributed by atoms with Gasteiger partial charge in [0.25, 0.3) is 0 Å². The van der Waals surface area contributed by atoms with E-state index in [4.69, 9.17) is 0 Å². The monoisotopic (exact) mass is 386 g/mol. The van der Waals surface area contributed by atoms with Crippen LogP contribution in [0, 0.1) is 0 Å². The van der Waals surface area contributed by atoms with E-state index >= 15 is 0 Å². The summed E-state index contributed by atoms with van der Waals surface area (Å²) in [7, 11) is 0. The van der Waals surface area contributed by atoms with Crippen LogP contribution in [0.1, 0.15) is 27.2 Å². The van der Waals surface area contributed by atoms with Gasteiger partial charge in [0.1, 0.15) is 0 Å². The van der Waals surface area contributed by atoms with Gasteiger partial charge < -0.3 is 5.32 Å². The first kappa shape index (κ1) is 17.2. The van der Waals surface area contributed by atoms with E-state index in [0.29, 0.717) is 0 Å². The molecule has 5 nitrogen and oxygen atoms in total. The molecule has 1 aromatic carbocycles. The minimum Gasteiger partial charge on any atom is -0.312 e. The fourth-order valence-corrected chi connectivity index (χ4v) is 4.19. The second kappa shape index (κ2) is 7.22. The van der Waals surface area contributed by atoms with E-state index in [1.165, 1.54) is 11.1 Å². The van der Waals surface area contributed by atoms with E-state index < -0.39 is 0 Å². The quantitative estimate of drug-likeness (QED) is 0.540. The van der Waals surface area contributed by atoms with Crippen molar-refractivity contribution < 1.29 is 4.79 Å². The van der Waals surface area contributed by atoms with E-state index in [0.717, 1.165) is 52.1 Å². The molecule has 3 aromatic heterocycles. The molecular weight excluding hydrogens is 368 g/mol. The molecule has 0 unspecified atom stereocenters. The fourth-order valence-electron chi connectivity index (χ4n) is 3.59. The first-order valence-electron chi connectivity index (χ1n) is 9.25. The molecule has 0 aliphatic carbocycles. The van der Waals surface area contributed by atoms with E-state index in [9.17, 15) is 4.79 Å². The third-order valence-corrected chi connectivity index (χ3v) is 5.92. The molecular formula is C22H18N4OS. The van der Waals surface area contributed by atoms with Crippen molar-refractivity contribution in [3.05, 3.63) is 76.8 Å². The first-order valence-corrected chi connectivity index (χ1v) is 10.1. The second-order valence-corrected chi connectivity index (χ2v) is 7.85. The van der Waals surface area contributed by atoms with Crippen molar-refractivity contribution in [3.63, 3.8) is 0 Å². The van der Waals surface area contributed by atoms with Crippen LogP contribution in [0.3, 0.4) is 0 Å². The number of Topliss-reactive ketones (excluding diaryl/α,β-unsaturated/α-hetero) is 1. The zero-order chi connectivity index (χ0) is 18.9. The smallest absolute Gasteiger partial charge is 0.168 e. The number of hydrogen-bond acceptors (Lipinski definition) is 6. The molecule has 28 heavy (non-hydrogen) atoms. The lowest BCUT2D eigenvalue weighted by Gasteiger charge is -2.17. The Balaban J connectivity index is 1.42. The summed E-state index contributed by atoms with van der Waals surface area (Å²) in [6, 6.07) is 10.1. The third kappa shape index (κ3) is 3.32. The highest BCUT2D eigenvalue weighted by Gasteiger charge is 2.14. The van der Waals surface area contributed by atoms with Gasteiger partial charge in [-0.1, -0.05) is 12.1 Å². The van der Waals surface area contributed by atoms with Crippen molar-refractivity contribution in [3.8, 4) is 10.4 Å². The molecule has 0 radical (unpaired) electrons. The van der Waals surface area contributed by atoms with Crippen LogP contribution >= 0.6 is 11.3 Å². The lowest BCUT2D eigenvalue weighted by molar-refractivity contribution is 0.0992. The number of carbonyl (C=O) groups excluding carboxylic acids is 1. The first-order chi connectivity index (χ1) is 13.8. The zero-order valence-electron chi connectivity index (χ0n) is 15.2. The summed E-state index contributed by atoms with van der Waals surface area (Å²) in [6.07, 6.45) is 6.72. The summed E-state index contributed by atoms with van der Waals surface area (Å²) in [6.45, 7) is 1.83. The maximum Gasteiger partial charge on any atom is 0.168 e. The van der Waals surface area contributed by atoms with Gasteiger partial charge in [0.2, 0.25) is 0 Å². The fraction of sp³-hybridized carbons (Fsp3) is 0.182. The van der Waals surface area contributed by atoms with E-state index in [1.54, 1.807) is 17.5 Å². The summed E-state index contributed by atoms with van der Waals surface area (Å²) >= 11 is 1.58. The molecule has 0 bridgehead atoms. The molecule has 1 aliphatic heterocycles. The third-order valence-electron chi connectivity index (χ3n) is 5.10. The Hall–Kier alpha value is -2.96. The van der Waals surface area contributed by atoms with Crippen LogP contribution in [0.5, 0.6) is 0 Å². The van der Waals surface area contributed by atoms with Gasteiger partial charge in [0.05, 0.1) is 28.5 Å². The number of thiazole rings is 1. The molecule has 1 aliphatic rings. The standard InChI is InChI=1S/C22H18N4OS/c27-21(15-2-1-14-3-4-23-9-17(14)5-15)8-19-7-16-6-18(22-12-24-13-28-22)10-26-20(16)11-25-19/h1-2,5-7,10-13,23H,3-4,8-9H2. The van der Waals surface area contributed by atoms with Crippen LogP contribution in [-0.2, 0) is 19.4 Å². The molecule has 0 fully saturated rings. The molecule has 0 amide bonds. The predicted octanol–water partition coefficient (Wildman–Crippen LogP) is 3.82. The van der Waals surface area contributed by atoms with Gasteiger partial charge in [0.15, 0.2) is 5.78 Å². The van der Waals surface area contributed by atoms with Crippen LogP contribution in [-0.4, -0.2) is 27.3 Å². The van der Waals surface area contributed by atoms with Crippen LogP contribution in [0.4, 0.5) is 0 Å². The Labute approximate surface area is 166 Å². The number of nitrogens with one attached hydrogen (secondary N) is 1. The number of fused-ring (bicyclic) bond motifs is 2. The molecule has 0 atom stereocenters. The lowest BCUT2D eigenvalue weighted by Crippen LogP contribution is -2.24. The average Bonchev–Trinajstić information content (AvgIpc) is 3.28. The molecule has 4 heterocycles. The summed E-state index contributed by atoms with van der Waals surface area (Å²) < 4.78 is 0. The Bertz CT molecular complexity index is 1170. The van der Waals surface area contributed by atoms with Gasteiger partial charge in [-0.05, 0) is 42.3 Å². The molecule has 0 saturated heterocycles. The average molecular weight is 386 g/mol. The van der Waals surface area contributed by atoms with Gasteiger partial charge >= 0.3 is 0 Å². The van der Waals surface area contributed by atoms with Crippen molar-refractivity contribution >= 4 is 28.0 Å². The maximum absolute atomic E-state index is 12.8. The normalized spacial score (nSPS) is 13.4. The molecule has 1 N–H and O–H groups in total. The topological polar surface area (TPSA) is 67.8 Å². The number of pyridine rings is 2. The molecule has 0 saturated carbocycles. The largest absolute Gasteiger partial charge is 0.312 e. The van der Waals surface area contributed by atoms with Crippen LogP contribution < -0.4 is 5.32 Å². The minimum absolute atomic E-state index is 0.0896. The highest BCUT2D eigenvalue weighted by atomic mass is 32.1. The van der Waals surface area contributed by atoms with Crippen molar-refractivity contribution in [1.82, 2.24) is 20.3 Å². The van der Waals surface area contributed by atoms with Crippen molar-refractivity contribution in [1.29, 1.82) is 0 Å². The van der Waals surface area contributed by atoms with Crippen molar-refractivity contribution in [2.75, 3.05) is 6.54 Å². The highest BCUT2D eigenvalue weighted by molar-refractivity contribution is 7.13. The number of carbonyl (C=O) groups is 1. The summed E-state index contributed by atoms with van der Waals surface area (Å²) in [5.74, 6) is 0.0896. The Morgan fingerprint density at radius 3 is 2.93 bits per heavy atom. The Morgan fingerprint density at radius 1 is 1.07 bits per heavy atom. The lowest BCUT2D eigenvalue weighted by atomic mass is 9.96. The zero-order valence-corrected chi connectivity index (χ0v) is 16.0. The second-order valence-electron chi connectivity index (χ2n) is 6.97. The van der Waals surface area contributed by atoms with E-state index in [1.807, 2.05) is 36.1 Å². The highest BCUT2D eigenvalue weighted by Crippen LogP contribution is 2.26. The number of aromatic nitrogens is 3. The number of benzene rings is 1. The molecule has 5 rings (SSSR count). The minimum atomic E-state index is 0.0896. The predicted molar refractivity (Wildman–Crippen MR) is 111 cm³/mol. The number of ketones is 1. The summed E-state index contributed by atoms with van der Waals surface area (Å²) in [4.78, 5) is 26.9. The molecule has 0 spiro atoms. The van der Waals surface area contributed by atoms with Gasteiger partial charge in [-0.15, -0.1) is 11.3 Å². The van der Waals surface area contributed by atoms with Crippen LogP contribution in [0.25, 0.3) is 21.3 Å². The molecule has 138 valence electrons. The van der Waals surface area contributed by atoms with E-state index in [2.05, 4.69) is 32.4 Å². The van der Waals surface area contributed by atoms with Crippen LogP contribution in [0.15, 0.2) is 54.4 Å².